The van der Waals surface area contributed by atoms with E-state index in [1.165, 1.54) is 35.6 Å². The number of quaternary nitrogens is 1. The Bertz CT molecular complexity index is 1650. The second-order valence-electron chi connectivity index (χ2n) is 9.88. The zero-order valence-corrected chi connectivity index (χ0v) is 23.0. The number of aliphatic hydroxyl groups is 1. The third kappa shape index (κ3) is 5.67. The number of halogens is 1. The first kappa shape index (κ1) is 27.6. The van der Waals surface area contributed by atoms with Crippen molar-refractivity contribution in [2.75, 3.05) is 30.7 Å². The number of carbonyl (C=O) groups is 1. The summed E-state index contributed by atoms with van der Waals surface area (Å²) in [6.45, 7) is 0.0125. The van der Waals surface area contributed by atoms with Gasteiger partial charge in [0.25, 0.3) is 5.91 Å². The summed E-state index contributed by atoms with van der Waals surface area (Å²) in [5.41, 5.74) is 6.19. The first-order valence-corrected chi connectivity index (χ1v) is 14.7. The Morgan fingerprint density at radius 2 is 1.77 bits per heavy atom. The summed E-state index contributed by atoms with van der Waals surface area (Å²) < 4.78 is 52.0. The van der Waals surface area contributed by atoms with Gasteiger partial charge in [-0.25, -0.2) is 12.8 Å². The Morgan fingerprint density at radius 3 is 2.33 bits per heavy atom. The quantitative estimate of drug-likeness (QED) is 0.267. The molecule has 0 aliphatic heterocycles. The molecule has 5 N–H and O–H groups in total. The predicted molar refractivity (Wildman–Crippen MR) is 149 cm³/mol. The fraction of sp³-hybridized carbons (Fsp3) is 0.276. The monoisotopic (exact) mass is 568 g/mol. The van der Waals surface area contributed by atoms with Gasteiger partial charge in [0, 0.05) is 24.1 Å². The first-order valence-electron chi connectivity index (χ1n) is 12.9. The van der Waals surface area contributed by atoms with E-state index in [4.69, 9.17) is 9.15 Å². The van der Waals surface area contributed by atoms with E-state index in [0.29, 0.717) is 45.0 Å². The normalized spacial score (nSPS) is 14.2. The molecule has 1 aliphatic rings. The van der Waals surface area contributed by atoms with E-state index in [0.717, 1.165) is 24.7 Å². The first-order chi connectivity index (χ1) is 19.1. The van der Waals surface area contributed by atoms with Crippen molar-refractivity contribution in [3.63, 3.8) is 0 Å². The summed E-state index contributed by atoms with van der Waals surface area (Å²) in [7, 11) is -2.21. The zero-order valence-electron chi connectivity index (χ0n) is 22.2. The number of fused-ring (bicyclic) bond motifs is 1. The lowest BCUT2D eigenvalue weighted by Gasteiger charge is -2.26. The molecule has 9 nitrogen and oxygen atoms in total. The molecule has 40 heavy (non-hydrogen) atoms. The number of nitrogens with zero attached hydrogens (tertiary/aromatic N) is 1. The lowest BCUT2D eigenvalue weighted by atomic mass is 10.00. The highest BCUT2D eigenvalue weighted by atomic mass is 32.2. The second kappa shape index (κ2) is 10.9. The summed E-state index contributed by atoms with van der Waals surface area (Å²) in [5, 5.41) is 13.5. The largest absolute Gasteiger partial charge is 0.457 e. The summed E-state index contributed by atoms with van der Waals surface area (Å²) in [5.74, 6) is 0.745. The van der Waals surface area contributed by atoms with E-state index in [1.54, 1.807) is 30.3 Å². The van der Waals surface area contributed by atoms with Crippen molar-refractivity contribution in [1.29, 1.82) is 0 Å². The van der Waals surface area contributed by atoms with Gasteiger partial charge >= 0.3 is 0 Å². The third-order valence-corrected chi connectivity index (χ3v) is 8.00. The van der Waals surface area contributed by atoms with Crippen LogP contribution in [0.2, 0.25) is 0 Å². The Balaban J connectivity index is 1.60. The average Bonchev–Trinajstić information content (AvgIpc) is 3.72. The Labute approximate surface area is 231 Å². The topological polar surface area (TPSA) is 137 Å². The number of ether oxygens (including phenoxy) is 1. The molecule has 3 aromatic carbocycles. The van der Waals surface area contributed by atoms with Crippen molar-refractivity contribution in [3.8, 4) is 22.8 Å². The molecule has 1 atom stereocenters. The molecule has 210 valence electrons. The third-order valence-electron chi connectivity index (χ3n) is 6.85. The molecule has 0 spiro atoms. The number of anilines is 1. The molecule has 1 unspecified atom stereocenters. The van der Waals surface area contributed by atoms with Gasteiger partial charge in [-0.1, -0.05) is 0 Å². The molecular formula is C29H31FN3O6S+. The minimum Gasteiger partial charge on any atom is -0.457 e. The van der Waals surface area contributed by atoms with Crippen LogP contribution in [0.15, 0.2) is 65.1 Å². The van der Waals surface area contributed by atoms with Crippen LogP contribution >= 0.6 is 0 Å². The fourth-order valence-corrected chi connectivity index (χ4v) is 5.61. The van der Waals surface area contributed by atoms with Gasteiger partial charge in [0.05, 0.1) is 24.1 Å². The Hall–Kier alpha value is -3.93. The molecule has 0 radical (unpaired) electrons. The molecule has 1 fully saturated rings. The summed E-state index contributed by atoms with van der Waals surface area (Å²) >= 11 is 0. The summed E-state index contributed by atoms with van der Waals surface area (Å²) in [6, 6.07) is 16.1. The van der Waals surface area contributed by atoms with Crippen LogP contribution in [0.3, 0.4) is 0 Å². The van der Waals surface area contributed by atoms with Crippen LogP contribution in [0.5, 0.6) is 11.5 Å². The number of furan rings is 1. The van der Waals surface area contributed by atoms with Crippen molar-refractivity contribution < 1.29 is 37.6 Å². The lowest BCUT2D eigenvalue weighted by molar-refractivity contribution is -0.382. The van der Waals surface area contributed by atoms with Crippen LogP contribution < -0.4 is 20.1 Å². The van der Waals surface area contributed by atoms with Crippen LogP contribution in [0.25, 0.3) is 22.3 Å². The van der Waals surface area contributed by atoms with Gasteiger partial charge in [-0.3, -0.25) is 9.10 Å². The molecule has 1 aliphatic carbocycles. The molecule has 0 bridgehead atoms. The maximum atomic E-state index is 13.2. The number of hydrogen-bond donors (Lipinski definition) is 3. The fourth-order valence-electron chi connectivity index (χ4n) is 4.65. The molecule has 1 heterocycles. The summed E-state index contributed by atoms with van der Waals surface area (Å²) in [4.78, 5) is 13.1. The van der Waals surface area contributed by atoms with Gasteiger partial charge in [0.2, 0.25) is 10.0 Å². The van der Waals surface area contributed by atoms with Gasteiger partial charge in [0.1, 0.15) is 41.3 Å². The van der Waals surface area contributed by atoms with E-state index in [2.05, 4.69) is 11.1 Å². The van der Waals surface area contributed by atoms with Gasteiger partial charge in [-0.15, -0.1) is 0 Å². The molecule has 11 heteroatoms. The Morgan fingerprint density at radius 1 is 1.15 bits per heavy atom. The SMILES string of the molecule is CNC(=O)c1c(-c2ccc(Oc3ccc(F)cc3)cc2)oc2cc(N(CC(O)C[NH3+])S(C)(=O)=O)c(C3CC3)cc12. The van der Waals surface area contributed by atoms with Crippen LogP contribution in [-0.2, 0) is 10.0 Å². The van der Waals surface area contributed by atoms with Gasteiger partial charge in [-0.05, 0) is 78.9 Å². The maximum Gasteiger partial charge on any atom is 0.255 e. The minimum atomic E-state index is -3.74. The lowest BCUT2D eigenvalue weighted by Crippen LogP contribution is -2.58. The average molecular weight is 569 g/mol. The zero-order chi connectivity index (χ0) is 28.6. The number of carbonyl (C=O) groups excluding carboxylic acids is 1. The highest BCUT2D eigenvalue weighted by Gasteiger charge is 2.33. The van der Waals surface area contributed by atoms with E-state index in [9.17, 15) is 22.7 Å². The van der Waals surface area contributed by atoms with Crippen LogP contribution in [0.1, 0.15) is 34.7 Å². The van der Waals surface area contributed by atoms with Crippen molar-refractivity contribution >= 4 is 32.6 Å². The molecule has 5 rings (SSSR count). The number of sulfonamides is 1. The molecule has 4 aromatic rings. The van der Waals surface area contributed by atoms with Crippen LogP contribution in [0.4, 0.5) is 10.1 Å². The number of amides is 1. The smallest absolute Gasteiger partial charge is 0.255 e. The number of hydrogen-bond acceptors (Lipinski definition) is 6. The number of aliphatic hydroxyl groups excluding tert-OH is 1. The van der Waals surface area contributed by atoms with E-state index in [-0.39, 0.29) is 30.7 Å². The molecule has 0 saturated heterocycles. The van der Waals surface area contributed by atoms with E-state index < -0.39 is 16.1 Å². The molecular weight excluding hydrogens is 537 g/mol. The second-order valence-corrected chi connectivity index (χ2v) is 11.8. The summed E-state index contributed by atoms with van der Waals surface area (Å²) in [6.07, 6.45) is 1.94. The van der Waals surface area contributed by atoms with Gasteiger partial charge in [0.15, 0.2) is 0 Å². The maximum absolute atomic E-state index is 13.2. The van der Waals surface area contributed by atoms with Crippen LogP contribution in [0, 0.1) is 5.82 Å². The van der Waals surface area contributed by atoms with Crippen molar-refractivity contribution in [1.82, 2.24) is 5.32 Å². The van der Waals surface area contributed by atoms with Crippen molar-refractivity contribution in [2.45, 2.75) is 24.9 Å². The van der Waals surface area contributed by atoms with Crippen molar-refractivity contribution in [3.05, 3.63) is 77.6 Å². The molecule has 1 aromatic heterocycles. The molecule has 1 amide bonds. The highest BCUT2D eigenvalue weighted by Crippen LogP contribution is 2.48. The van der Waals surface area contributed by atoms with Crippen molar-refractivity contribution in [2.24, 2.45) is 0 Å². The van der Waals surface area contributed by atoms with Gasteiger partial charge < -0.3 is 25.3 Å². The van der Waals surface area contributed by atoms with Crippen LogP contribution in [-0.4, -0.2) is 51.9 Å². The van der Waals surface area contributed by atoms with Gasteiger partial charge in [-0.2, -0.15) is 0 Å². The highest BCUT2D eigenvalue weighted by molar-refractivity contribution is 7.92. The minimum absolute atomic E-state index is 0.138. The number of rotatable bonds is 10. The Kier molecular flexibility index (Phi) is 7.54. The molecule has 1 saturated carbocycles. The number of benzene rings is 3. The number of nitrogens with one attached hydrogen (secondary N) is 1. The van der Waals surface area contributed by atoms with E-state index in [1.807, 2.05) is 6.07 Å². The predicted octanol–water partition coefficient (Wildman–Crippen LogP) is 3.64. The standard InChI is InChI=1S/C29H30FN3O6S/c1-32-29(35)27-24-13-23(17-3-4-17)25(33(40(2,36)37)16-20(34)15-31)14-26(24)39-28(27)18-5-9-21(10-6-18)38-22-11-7-19(30)8-12-22/h5-14,17,20,34H,3-4,15-16,31H2,1-2H3,(H,32,35)/p+1. The van der Waals surface area contributed by atoms with E-state index >= 15 is 0 Å².